The summed E-state index contributed by atoms with van der Waals surface area (Å²) in [6.07, 6.45) is 60.6. The number of esters is 3. The first kappa shape index (κ1) is 62.1. The van der Waals surface area contributed by atoms with Crippen molar-refractivity contribution in [3.63, 3.8) is 0 Å². The van der Waals surface area contributed by atoms with Crippen molar-refractivity contribution in [2.75, 3.05) is 13.2 Å². The molecule has 0 aliphatic carbocycles. The van der Waals surface area contributed by atoms with Crippen LogP contribution in [0.2, 0.25) is 0 Å². The van der Waals surface area contributed by atoms with E-state index in [1.807, 2.05) is 0 Å². The Kier molecular flexibility index (Phi) is 52.2. The number of unbranched alkanes of at least 4 members (excludes halogenated alkanes) is 40. The van der Waals surface area contributed by atoms with Crippen molar-refractivity contribution in [2.24, 2.45) is 0 Å². The van der Waals surface area contributed by atoms with Gasteiger partial charge in [0.2, 0.25) is 0 Å². The van der Waals surface area contributed by atoms with Crippen molar-refractivity contribution < 1.29 is 28.6 Å². The minimum absolute atomic E-state index is 0.0650. The van der Waals surface area contributed by atoms with Gasteiger partial charge in [0.15, 0.2) is 6.10 Å². The Bertz CT molecular complexity index is 993. The van der Waals surface area contributed by atoms with Gasteiger partial charge in [-0.05, 0) is 44.9 Å². The number of hydrogen-bond acceptors (Lipinski definition) is 6. The highest BCUT2D eigenvalue weighted by Crippen LogP contribution is 2.17. The van der Waals surface area contributed by atoms with Crippen LogP contribution in [0.25, 0.3) is 0 Å². The van der Waals surface area contributed by atoms with Crippen molar-refractivity contribution in [3.8, 4) is 0 Å². The van der Waals surface area contributed by atoms with Crippen LogP contribution in [0.5, 0.6) is 0 Å². The lowest BCUT2D eigenvalue weighted by molar-refractivity contribution is -0.167. The number of allylic oxidation sites excluding steroid dienone is 2. The minimum atomic E-state index is -0.764. The number of rotatable bonds is 53. The smallest absolute Gasteiger partial charge is 0.306 e. The number of hydrogen-bond donors (Lipinski definition) is 0. The Morgan fingerprint density at radius 1 is 0.297 bits per heavy atom. The average Bonchev–Trinajstić information content (AvgIpc) is 3.29. The maximum atomic E-state index is 12.8. The second-order valence-electron chi connectivity index (χ2n) is 19.6. The minimum Gasteiger partial charge on any atom is -0.462 e. The summed E-state index contributed by atoms with van der Waals surface area (Å²) in [7, 11) is 0. The molecule has 0 aromatic rings. The lowest BCUT2D eigenvalue weighted by atomic mass is 10.0. The highest BCUT2D eigenvalue weighted by Gasteiger charge is 2.19. The molecular weight excluding hydrogens is 793 g/mol. The number of carbonyl (C=O) groups is 3. The molecule has 1 unspecified atom stereocenters. The first-order chi connectivity index (χ1) is 31.5. The van der Waals surface area contributed by atoms with Gasteiger partial charge in [0.25, 0.3) is 0 Å². The summed E-state index contributed by atoms with van der Waals surface area (Å²) in [5, 5.41) is 0. The molecule has 6 heteroatoms. The van der Waals surface area contributed by atoms with Gasteiger partial charge in [-0.15, -0.1) is 0 Å². The van der Waals surface area contributed by atoms with Gasteiger partial charge in [-0.3, -0.25) is 14.4 Å². The van der Waals surface area contributed by atoms with Gasteiger partial charge in [0.1, 0.15) is 13.2 Å². The van der Waals surface area contributed by atoms with Crippen LogP contribution in [0, 0.1) is 0 Å². The van der Waals surface area contributed by atoms with Crippen molar-refractivity contribution in [1.29, 1.82) is 0 Å². The highest BCUT2D eigenvalue weighted by molar-refractivity contribution is 5.71. The van der Waals surface area contributed by atoms with Crippen LogP contribution >= 0.6 is 0 Å². The molecular formula is C58H110O6. The van der Waals surface area contributed by atoms with Gasteiger partial charge in [-0.25, -0.2) is 0 Å². The van der Waals surface area contributed by atoms with E-state index in [0.717, 1.165) is 57.8 Å². The second kappa shape index (κ2) is 53.8. The zero-order chi connectivity index (χ0) is 46.5. The molecule has 0 aromatic heterocycles. The van der Waals surface area contributed by atoms with Crippen molar-refractivity contribution >= 4 is 17.9 Å². The fraction of sp³-hybridized carbons (Fsp3) is 0.914. The number of carbonyl (C=O) groups excluding carboxylic acids is 3. The summed E-state index contributed by atoms with van der Waals surface area (Å²) in [5.41, 5.74) is 0. The zero-order valence-electron chi connectivity index (χ0n) is 43.3. The van der Waals surface area contributed by atoms with E-state index in [0.29, 0.717) is 19.3 Å². The third-order valence-electron chi connectivity index (χ3n) is 13.0. The molecule has 0 N–H and O–H groups in total. The van der Waals surface area contributed by atoms with Gasteiger partial charge in [0, 0.05) is 19.3 Å². The van der Waals surface area contributed by atoms with Crippen LogP contribution in [0.3, 0.4) is 0 Å². The van der Waals surface area contributed by atoms with E-state index in [9.17, 15) is 14.4 Å². The normalized spacial score (nSPS) is 12.0. The van der Waals surface area contributed by atoms with Crippen molar-refractivity contribution in [1.82, 2.24) is 0 Å². The molecule has 0 fully saturated rings. The van der Waals surface area contributed by atoms with Crippen molar-refractivity contribution in [2.45, 2.75) is 329 Å². The maximum absolute atomic E-state index is 12.8. The van der Waals surface area contributed by atoms with Crippen LogP contribution in [0.4, 0.5) is 0 Å². The number of ether oxygens (including phenoxy) is 3. The fourth-order valence-electron chi connectivity index (χ4n) is 8.68. The topological polar surface area (TPSA) is 78.9 Å². The third kappa shape index (κ3) is 51.1. The molecule has 0 aliphatic heterocycles. The summed E-state index contributed by atoms with van der Waals surface area (Å²) in [6.45, 7) is 6.68. The van der Waals surface area contributed by atoms with Gasteiger partial charge >= 0.3 is 17.9 Å². The van der Waals surface area contributed by atoms with Crippen molar-refractivity contribution in [3.05, 3.63) is 12.2 Å². The Hall–Kier alpha value is -1.85. The van der Waals surface area contributed by atoms with Crippen LogP contribution in [-0.2, 0) is 28.6 Å². The van der Waals surface area contributed by atoms with E-state index in [4.69, 9.17) is 14.2 Å². The molecule has 0 bridgehead atoms. The molecule has 0 spiro atoms. The van der Waals surface area contributed by atoms with E-state index in [1.54, 1.807) is 0 Å². The van der Waals surface area contributed by atoms with E-state index in [1.165, 1.54) is 225 Å². The molecule has 64 heavy (non-hydrogen) atoms. The molecule has 1 atom stereocenters. The molecule has 0 saturated carbocycles. The molecule has 0 heterocycles. The van der Waals surface area contributed by atoms with E-state index in [2.05, 4.69) is 32.9 Å². The maximum Gasteiger partial charge on any atom is 0.306 e. The summed E-state index contributed by atoms with van der Waals surface area (Å²) < 4.78 is 16.8. The Labute approximate surface area is 399 Å². The van der Waals surface area contributed by atoms with Gasteiger partial charge < -0.3 is 14.2 Å². The van der Waals surface area contributed by atoms with Gasteiger partial charge in [-0.2, -0.15) is 0 Å². The molecule has 0 amide bonds. The zero-order valence-corrected chi connectivity index (χ0v) is 43.3. The summed E-state index contributed by atoms with van der Waals surface area (Å²) in [4.78, 5) is 38.0. The molecule has 6 nitrogen and oxygen atoms in total. The van der Waals surface area contributed by atoms with E-state index >= 15 is 0 Å². The lowest BCUT2D eigenvalue weighted by Gasteiger charge is -2.18. The quantitative estimate of drug-likeness (QED) is 0.0262. The molecule has 0 aromatic carbocycles. The SMILES string of the molecule is CCCCCCCCCC/C=C\CCCCCCCCCCCC(=O)OCC(COC(=O)CCCCCCCCCCCC)OC(=O)CCCCCCCCCCCCCCCCC. The molecule has 0 rings (SSSR count). The predicted octanol–water partition coefficient (Wildman–Crippen LogP) is 18.9. The first-order valence-corrected chi connectivity index (χ1v) is 28.7. The third-order valence-corrected chi connectivity index (χ3v) is 13.0. The fourth-order valence-corrected chi connectivity index (χ4v) is 8.68. The molecule has 378 valence electrons. The molecule has 0 aliphatic rings. The van der Waals surface area contributed by atoms with Crippen LogP contribution < -0.4 is 0 Å². The van der Waals surface area contributed by atoms with Crippen LogP contribution in [-0.4, -0.2) is 37.2 Å². The Morgan fingerprint density at radius 2 is 0.516 bits per heavy atom. The standard InChI is InChI=1S/C58H110O6/c1-4-7-10-13-16-19-22-24-26-27-28-29-30-31-33-34-36-39-42-45-48-51-57(60)63-54-55(53-62-56(59)50-47-44-41-38-21-18-15-12-9-6-3)64-58(61)52-49-46-43-40-37-35-32-25-23-20-17-14-11-8-5-2/h27-28,55H,4-26,29-54H2,1-3H3/b28-27-. The monoisotopic (exact) mass is 903 g/mol. The Balaban J connectivity index is 4.23. The summed E-state index contributed by atoms with van der Waals surface area (Å²) >= 11 is 0. The largest absolute Gasteiger partial charge is 0.462 e. The average molecular weight is 904 g/mol. The Morgan fingerprint density at radius 3 is 0.781 bits per heavy atom. The predicted molar refractivity (Wildman–Crippen MR) is 275 cm³/mol. The van der Waals surface area contributed by atoms with E-state index in [-0.39, 0.29) is 31.1 Å². The van der Waals surface area contributed by atoms with Crippen LogP contribution in [0.15, 0.2) is 12.2 Å². The first-order valence-electron chi connectivity index (χ1n) is 28.7. The lowest BCUT2D eigenvalue weighted by Crippen LogP contribution is -2.30. The molecule has 0 radical (unpaired) electrons. The van der Waals surface area contributed by atoms with Gasteiger partial charge in [0.05, 0.1) is 0 Å². The summed E-state index contributed by atoms with van der Waals surface area (Å²) in [6, 6.07) is 0. The van der Waals surface area contributed by atoms with Crippen LogP contribution in [0.1, 0.15) is 323 Å². The van der Waals surface area contributed by atoms with Gasteiger partial charge in [-0.1, -0.05) is 270 Å². The van der Waals surface area contributed by atoms with E-state index < -0.39 is 6.10 Å². The second-order valence-corrected chi connectivity index (χ2v) is 19.6. The summed E-state index contributed by atoms with van der Waals surface area (Å²) in [5.74, 6) is -0.847. The molecule has 0 saturated heterocycles. The highest BCUT2D eigenvalue weighted by atomic mass is 16.6.